The van der Waals surface area contributed by atoms with Gasteiger partial charge in [-0.15, -0.1) is 5.10 Å². The van der Waals surface area contributed by atoms with Crippen LogP contribution in [0.3, 0.4) is 0 Å². The molecule has 0 fully saturated rings. The highest BCUT2D eigenvalue weighted by atomic mass is 16.5. The number of aromatic nitrogens is 3. The van der Waals surface area contributed by atoms with E-state index in [2.05, 4.69) is 39.8 Å². The molecule has 4 rings (SSSR count). The lowest BCUT2D eigenvalue weighted by Gasteiger charge is -2.29. The molecule has 1 aliphatic heterocycles. The van der Waals surface area contributed by atoms with E-state index in [1.54, 1.807) is 6.92 Å². The third kappa shape index (κ3) is 3.83. The number of rotatable bonds is 5. The molecule has 0 radical (unpaired) electrons. The number of benzene rings is 2. The molecule has 3 aromatic rings. The fourth-order valence-corrected chi connectivity index (χ4v) is 3.33. The SMILES string of the molecule is CC1CC(c2ccccc2)n2nc(NC(=O)C(C)Oc3ccccc3)nc2N1. The maximum absolute atomic E-state index is 12.5. The third-order valence-electron chi connectivity index (χ3n) is 4.72. The number of amides is 1. The molecule has 1 amide bonds. The fourth-order valence-electron chi connectivity index (χ4n) is 3.33. The van der Waals surface area contributed by atoms with E-state index < -0.39 is 6.10 Å². The molecule has 0 saturated heterocycles. The van der Waals surface area contributed by atoms with Crippen molar-refractivity contribution in [1.29, 1.82) is 0 Å². The van der Waals surface area contributed by atoms with Crippen LogP contribution in [0.25, 0.3) is 0 Å². The Kier molecular flexibility index (Phi) is 4.97. The molecule has 2 aromatic carbocycles. The second kappa shape index (κ2) is 7.72. The summed E-state index contributed by atoms with van der Waals surface area (Å²) >= 11 is 0. The molecule has 3 unspecified atom stereocenters. The van der Waals surface area contributed by atoms with Gasteiger partial charge in [-0.05, 0) is 38.0 Å². The normalized spacial score (nSPS) is 19.2. The van der Waals surface area contributed by atoms with E-state index >= 15 is 0 Å². The maximum atomic E-state index is 12.5. The number of anilines is 2. The highest BCUT2D eigenvalue weighted by molar-refractivity contribution is 5.92. The van der Waals surface area contributed by atoms with Crippen LogP contribution in [0, 0.1) is 0 Å². The van der Waals surface area contributed by atoms with Gasteiger partial charge in [0.05, 0.1) is 6.04 Å². The van der Waals surface area contributed by atoms with Gasteiger partial charge in [0.1, 0.15) is 5.75 Å². The van der Waals surface area contributed by atoms with Gasteiger partial charge in [0.2, 0.25) is 5.95 Å². The standard InChI is InChI=1S/C21H23N5O2/c1-14-13-18(16-9-5-3-6-10-16)26-21(22-14)24-20(25-26)23-19(27)15(2)28-17-11-7-4-8-12-17/h3-12,14-15,18H,13H2,1-2H3,(H2,22,23,24,25,27). The van der Waals surface area contributed by atoms with Crippen molar-refractivity contribution < 1.29 is 9.53 Å². The van der Waals surface area contributed by atoms with Gasteiger partial charge in [0, 0.05) is 6.04 Å². The molecule has 0 aliphatic carbocycles. The zero-order valence-electron chi connectivity index (χ0n) is 15.9. The summed E-state index contributed by atoms with van der Waals surface area (Å²) in [4.78, 5) is 17.0. The van der Waals surface area contributed by atoms with Gasteiger partial charge >= 0.3 is 0 Å². The van der Waals surface area contributed by atoms with Gasteiger partial charge in [0.15, 0.2) is 6.10 Å². The van der Waals surface area contributed by atoms with E-state index in [4.69, 9.17) is 4.74 Å². The first-order valence-corrected chi connectivity index (χ1v) is 9.41. The predicted octanol–water partition coefficient (Wildman–Crippen LogP) is 3.48. The van der Waals surface area contributed by atoms with Crippen molar-refractivity contribution in [1.82, 2.24) is 14.8 Å². The molecule has 7 nitrogen and oxygen atoms in total. The highest BCUT2D eigenvalue weighted by Gasteiger charge is 2.29. The van der Waals surface area contributed by atoms with Crippen LogP contribution in [0.1, 0.15) is 31.9 Å². The first kappa shape index (κ1) is 18.0. The number of fused-ring (bicyclic) bond motifs is 1. The van der Waals surface area contributed by atoms with Crippen LogP contribution in [-0.2, 0) is 4.79 Å². The van der Waals surface area contributed by atoms with Crippen molar-refractivity contribution in [2.45, 2.75) is 38.5 Å². The number of para-hydroxylation sites is 1. The molecule has 2 heterocycles. The fraction of sp³-hybridized carbons (Fsp3) is 0.286. The Morgan fingerprint density at radius 3 is 2.57 bits per heavy atom. The first-order chi connectivity index (χ1) is 13.6. The summed E-state index contributed by atoms with van der Waals surface area (Å²) in [5, 5.41) is 10.6. The number of hydrogen-bond donors (Lipinski definition) is 2. The summed E-state index contributed by atoms with van der Waals surface area (Å²) in [5.41, 5.74) is 1.17. The molecule has 144 valence electrons. The summed E-state index contributed by atoms with van der Waals surface area (Å²) in [6.07, 6.45) is 0.223. The molecule has 3 atom stereocenters. The molecule has 0 saturated carbocycles. The zero-order chi connectivity index (χ0) is 19.5. The monoisotopic (exact) mass is 377 g/mol. The van der Waals surface area contributed by atoms with Crippen LogP contribution >= 0.6 is 0 Å². The Labute approximate surface area is 163 Å². The summed E-state index contributed by atoms with van der Waals surface area (Å²) in [6.45, 7) is 3.81. The average molecular weight is 377 g/mol. The molecule has 28 heavy (non-hydrogen) atoms. The van der Waals surface area contributed by atoms with Crippen molar-refractivity contribution in [3.63, 3.8) is 0 Å². The first-order valence-electron chi connectivity index (χ1n) is 9.41. The summed E-state index contributed by atoms with van der Waals surface area (Å²) < 4.78 is 7.51. The van der Waals surface area contributed by atoms with Gasteiger partial charge in [-0.25, -0.2) is 4.68 Å². The second-order valence-electron chi connectivity index (χ2n) is 6.97. The topological polar surface area (TPSA) is 81.1 Å². The van der Waals surface area contributed by atoms with E-state index in [0.29, 0.717) is 11.7 Å². The van der Waals surface area contributed by atoms with Crippen molar-refractivity contribution in [2.24, 2.45) is 0 Å². The van der Waals surface area contributed by atoms with Crippen LogP contribution in [0.5, 0.6) is 5.75 Å². The quantitative estimate of drug-likeness (QED) is 0.711. The minimum absolute atomic E-state index is 0.0728. The van der Waals surface area contributed by atoms with Gasteiger partial charge in [-0.3, -0.25) is 10.1 Å². The van der Waals surface area contributed by atoms with E-state index in [9.17, 15) is 4.79 Å². The molecule has 0 spiro atoms. The largest absolute Gasteiger partial charge is 0.481 e. The lowest BCUT2D eigenvalue weighted by Crippen LogP contribution is -2.31. The average Bonchev–Trinajstić information content (AvgIpc) is 3.10. The zero-order valence-corrected chi connectivity index (χ0v) is 15.9. The number of hydrogen-bond acceptors (Lipinski definition) is 5. The van der Waals surface area contributed by atoms with E-state index in [1.807, 2.05) is 53.2 Å². The molecule has 0 bridgehead atoms. The van der Waals surface area contributed by atoms with E-state index in [0.717, 1.165) is 6.42 Å². The number of carbonyl (C=O) groups is 1. The molecular formula is C21H23N5O2. The van der Waals surface area contributed by atoms with Crippen LogP contribution in [0.15, 0.2) is 60.7 Å². The lowest BCUT2D eigenvalue weighted by molar-refractivity contribution is -0.122. The summed E-state index contributed by atoms with van der Waals surface area (Å²) in [6, 6.07) is 19.8. The van der Waals surface area contributed by atoms with Crippen molar-refractivity contribution >= 4 is 17.8 Å². The Morgan fingerprint density at radius 1 is 1.18 bits per heavy atom. The van der Waals surface area contributed by atoms with Crippen molar-refractivity contribution in [2.75, 3.05) is 10.6 Å². The molecule has 2 N–H and O–H groups in total. The number of carbonyl (C=O) groups excluding carboxylic acids is 1. The van der Waals surface area contributed by atoms with Crippen LogP contribution < -0.4 is 15.4 Å². The number of nitrogens with zero attached hydrogens (tertiary/aromatic N) is 3. The second-order valence-corrected chi connectivity index (χ2v) is 6.97. The van der Waals surface area contributed by atoms with Gasteiger partial charge in [0.25, 0.3) is 11.9 Å². The van der Waals surface area contributed by atoms with Crippen molar-refractivity contribution in [3.8, 4) is 5.75 Å². The molecular weight excluding hydrogens is 354 g/mol. The van der Waals surface area contributed by atoms with Gasteiger partial charge in [-0.2, -0.15) is 4.98 Å². The van der Waals surface area contributed by atoms with Gasteiger partial charge < -0.3 is 10.1 Å². The smallest absolute Gasteiger partial charge is 0.267 e. The number of nitrogens with one attached hydrogen (secondary N) is 2. The minimum atomic E-state index is -0.667. The minimum Gasteiger partial charge on any atom is -0.481 e. The van der Waals surface area contributed by atoms with Crippen molar-refractivity contribution in [3.05, 3.63) is 66.2 Å². The van der Waals surface area contributed by atoms with Crippen LogP contribution in [-0.4, -0.2) is 32.8 Å². The van der Waals surface area contributed by atoms with Gasteiger partial charge in [-0.1, -0.05) is 48.5 Å². The third-order valence-corrected chi connectivity index (χ3v) is 4.72. The maximum Gasteiger partial charge on any atom is 0.267 e. The Hall–Kier alpha value is -3.35. The molecule has 7 heteroatoms. The van der Waals surface area contributed by atoms with E-state index in [-0.39, 0.29) is 23.9 Å². The highest BCUT2D eigenvalue weighted by Crippen LogP contribution is 2.31. The Balaban J connectivity index is 1.50. The predicted molar refractivity (Wildman–Crippen MR) is 107 cm³/mol. The Morgan fingerprint density at radius 2 is 1.86 bits per heavy atom. The summed E-state index contributed by atoms with van der Waals surface area (Å²) in [5.74, 6) is 1.27. The Bertz CT molecular complexity index is 942. The molecule has 1 aliphatic rings. The lowest BCUT2D eigenvalue weighted by atomic mass is 9.99. The molecule has 1 aromatic heterocycles. The number of ether oxygens (including phenoxy) is 1. The van der Waals surface area contributed by atoms with E-state index in [1.165, 1.54) is 5.56 Å². The van der Waals surface area contributed by atoms with Crippen LogP contribution in [0.2, 0.25) is 0 Å². The summed E-state index contributed by atoms with van der Waals surface area (Å²) in [7, 11) is 0. The van der Waals surface area contributed by atoms with Crippen LogP contribution in [0.4, 0.5) is 11.9 Å².